The van der Waals surface area contributed by atoms with Gasteiger partial charge in [0.15, 0.2) is 0 Å². The summed E-state index contributed by atoms with van der Waals surface area (Å²) in [5.41, 5.74) is 1.20. The van der Waals surface area contributed by atoms with Crippen molar-refractivity contribution in [3.05, 3.63) is 50.6 Å². The van der Waals surface area contributed by atoms with Gasteiger partial charge in [-0.3, -0.25) is 0 Å². The van der Waals surface area contributed by atoms with Crippen LogP contribution in [-0.4, -0.2) is 12.6 Å². The Balaban J connectivity index is 2.39. The second-order valence-corrected chi connectivity index (χ2v) is 7.03. The van der Waals surface area contributed by atoms with Gasteiger partial charge in [0.25, 0.3) is 0 Å². The van der Waals surface area contributed by atoms with Gasteiger partial charge in [0.1, 0.15) is 5.75 Å². The molecule has 1 aromatic heterocycles. The first-order chi connectivity index (χ1) is 10.1. The maximum atomic E-state index is 5.99. The number of rotatable bonds is 7. The molecule has 0 aliphatic carbocycles. The van der Waals surface area contributed by atoms with Crippen LogP contribution in [0.5, 0.6) is 5.75 Å². The van der Waals surface area contributed by atoms with Gasteiger partial charge in [-0.1, -0.05) is 25.1 Å². The molecular formula is C17H22BrNOS. The van der Waals surface area contributed by atoms with Gasteiger partial charge in [0.05, 0.1) is 12.1 Å². The molecule has 1 heterocycles. The molecule has 0 aliphatic heterocycles. The van der Waals surface area contributed by atoms with Crippen LogP contribution >= 0.6 is 27.3 Å². The lowest BCUT2D eigenvalue weighted by Gasteiger charge is -2.22. The molecule has 21 heavy (non-hydrogen) atoms. The third-order valence-electron chi connectivity index (χ3n) is 3.10. The van der Waals surface area contributed by atoms with Crippen molar-refractivity contribution in [3.8, 4) is 5.75 Å². The highest BCUT2D eigenvalue weighted by atomic mass is 79.9. The van der Waals surface area contributed by atoms with Gasteiger partial charge in [-0.25, -0.2) is 0 Å². The molecule has 0 spiro atoms. The van der Waals surface area contributed by atoms with E-state index in [1.54, 1.807) is 11.3 Å². The molecule has 4 heteroatoms. The Morgan fingerprint density at radius 1 is 1.24 bits per heavy atom. The van der Waals surface area contributed by atoms with E-state index in [0.717, 1.165) is 23.2 Å². The Hall–Kier alpha value is -0.840. The average Bonchev–Trinajstić information content (AvgIpc) is 2.87. The van der Waals surface area contributed by atoms with Crippen molar-refractivity contribution in [1.82, 2.24) is 5.32 Å². The molecule has 0 radical (unpaired) electrons. The first kappa shape index (κ1) is 16.5. The van der Waals surface area contributed by atoms with Crippen LogP contribution in [0.2, 0.25) is 0 Å². The van der Waals surface area contributed by atoms with Gasteiger partial charge in [0.2, 0.25) is 0 Å². The summed E-state index contributed by atoms with van der Waals surface area (Å²) in [6.07, 6.45) is 1.27. The minimum atomic E-state index is 0.161. The molecule has 2 nitrogen and oxygen atoms in total. The van der Waals surface area contributed by atoms with Crippen LogP contribution in [0.3, 0.4) is 0 Å². The number of hydrogen-bond acceptors (Lipinski definition) is 3. The Kier molecular flexibility index (Phi) is 6.27. The molecule has 0 fully saturated rings. The van der Waals surface area contributed by atoms with E-state index in [1.807, 2.05) is 6.07 Å². The maximum absolute atomic E-state index is 5.99. The summed E-state index contributed by atoms with van der Waals surface area (Å²) < 4.78 is 7.15. The van der Waals surface area contributed by atoms with E-state index in [-0.39, 0.29) is 12.1 Å². The smallest absolute Gasteiger partial charge is 0.124 e. The third-order valence-corrected chi connectivity index (χ3v) is 5.03. The molecule has 1 aromatic carbocycles. The van der Waals surface area contributed by atoms with Gasteiger partial charge in [-0.2, -0.15) is 0 Å². The minimum Gasteiger partial charge on any atom is -0.491 e. The predicted molar refractivity (Wildman–Crippen MR) is 94.4 cm³/mol. The van der Waals surface area contributed by atoms with Crippen LogP contribution in [0.25, 0.3) is 0 Å². The number of halogens is 1. The molecule has 114 valence electrons. The Labute approximate surface area is 139 Å². The lowest BCUT2D eigenvalue weighted by molar-refractivity contribution is 0.238. The third kappa shape index (κ3) is 4.31. The number of hydrogen-bond donors (Lipinski definition) is 1. The van der Waals surface area contributed by atoms with Gasteiger partial charge in [0, 0.05) is 14.9 Å². The van der Waals surface area contributed by atoms with Crippen molar-refractivity contribution >= 4 is 27.3 Å². The molecule has 0 saturated heterocycles. The zero-order chi connectivity index (χ0) is 15.2. The Morgan fingerprint density at radius 3 is 2.62 bits per heavy atom. The van der Waals surface area contributed by atoms with E-state index in [1.165, 1.54) is 10.4 Å². The van der Waals surface area contributed by atoms with E-state index in [0.29, 0.717) is 0 Å². The molecule has 1 N–H and O–H groups in total. The van der Waals surface area contributed by atoms with E-state index < -0.39 is 0 Å². The average molecular weight is 368 g/mol. The van der Waals surface area contributed by atoms with Crippen LogP contribution in [0.4, 0.5) is 0 Å². The summed E-state index contributed by atoms with van der Waals surface area (Å²) >= 11 is 5.43. The zero-order valence-electron chi connectivity index (χ0n) is 12.7. The summed E-state index contributed by atoms with van der Waals surface area (Å²) in [5, 5.41) is 5.76. The predicted octanol–water partition coefficient (Wildman–Crippen LogP) is 5.39. The minimum absolute atomic E-state index is 0.161. The van der Waals surface area contributed by atoms with Crippen LogP contribution in [-0.2, 0) is 0 Å². The van der Waals surface area contributed by atoms with E-state index >= 15 is 0 Å². The van der Waals surface area contributed by atoms with Crippen molar-refractivity contribution in [2.24, 2.45) is 0 Å². The Bertz CT molecular complexity index is 567. The first-order valence-corrected chi connectivity index (χ1v) is 9.02. The SMILES string of the molecule is CCCNC(c1ccccc1OC(C)C)c1sccc1Br. The van der Waals surface area contributed by atoms with E-state index in [9.17, 15) is 0 Å². The van der Waals surface area contributed by atoms with Crippen LogP contribution in [0.1, 0.15) is 43.7 Å². The summed E-state index contributed by atoms with van der Waals surface area (Å²) in [7, 11) is 0. The number of ether oxygens (including phenoxy) is 1. The molecule has 1 unspecified atom stereocenters. The van der Waals surface area contributed by atoms with Gasteiger partial charge in [-0.05, 0) is 60.3 Å². The van der Waals surface area contributed by atoms with Crippen LogP contribution < -0.4 is 10.1 Å². The highest BCUT2D eigenvalue weighted by Crippen LogP contribution is 2.37. The molecule has 1 atom stereocenters. The molecule has 2 aromatic rings. The monoisotopic (exact) mass is 367 g/mol. The second kappa shape index (κ2) is 7.97. The largest absolute Gasteiger partial charge is 0.491 e. The van der Waals surface area contributed by atoms with Gasteiger partial charge < -0.3 is 10.1 Å². The maximum Gasteiger partial charge on any atom is 0.124 e. The summed E-state index contributed by atoms with van der Waals surface area (Å²) in [5.74, 6) is 0.960. The van der Waals surface area contributed by atoms with Crippen molar-refractivity contribution < 1.29 is 4.74 Å². The standard InChI is InChI=1S/C17H22BrNOS/c1-4-10-19-16(17-14(18)9-11-21-17)13-7-5-6-8-15(13)20-12(2)3/h5-9,11-12,16,19H,4,10H2,1-3H3. The number of benzene rings is 1. The van der Waals surface area contributed by atoms with E-state index in [4.69, 9.17) is 4.74 Å². The summed E-state index contributed by atoms with van der Waals surface area (Å²) in [4.78, 5) is 1.29. The molecule has 0 bridgehead atoms. The normalized spacial score (nSPS) is 12.6. The van der Waals surface area contributed by atoms with Crippen molar-refractivity contribution in [2.75, 3.05) is 6.54 Å². The van der Waals surface area contributed by atoms with Crippen LogP contribution in [0.15, 0.2) is 40.2 Å². The highest BCUT2D eigenvalue weighted by molar-refractivity contribution is 9.10. The van der Waals surface area contributed by atoms with Gasteiger partial charge in [-0.15, -0.1) is 11.3 Å². The fourth-order valence-electron chi connectivity index (χ4n) is 2.22. The highest BCUT2D eigenvalue weighted by Gasteiger charge is 2.21. The molecular weight excluding hydrogens is 346 g/mol. The van der Waals surface area contributed by atoms with E-state index in [2.05, 4.69) is 71.7 Å². The number of nitrogens with one attached hydrogen (secondary N) is 1. The molecule has 2 rings (SSSR count). The second-order valence-electron chi connectivity index (χ2n) is 5.22. The number of para-hydroxylation sites is 1. The quantitative estimate of drug-likeness (QED) is 0.708. The lowest BCUT2D eigenvalue weighted by Crippen LogP contribution is -2.23. The summed E-state index contributed by atoms with van der Waals surface area (Å²) in [6, 6.07) is 10.6. The molecule has 0 saturated carbocycles. The van der Waals surface area contributed by atoms with Crippen molar-refractivity contribution in [1.29, 1.82) is 0 Å². The van der Waals surface area contributed by atoms with Crippen molar-refractivity contribution in [2.45, 2.75) is 39.3 Å². The zero-order valence-corrected chi connectivity index (χ0v) is 15.1. The Morgan fingerprint density at radius 2 is 2.00 bits per heavy atom. The van der Waals surface area contributed by atoms with Gasteiger partial charge >= 0.3 is 0 Å². The number of thiophene rings is 1. The first-order valence-electron chi connectivity index (χ1n) is 7.35. The fourth-order valence-corrected chi connectivity index (χ4v) is 3.92. The topological polar surface area (TPSA) is 21.3 Å². The fraction of sp³-hybridized carbons (Fsp3) is 0.412. The van der Waals surface area contributed by atoms with Crippen molar-refractivity contribution in [3.63, 3.8) is 0 Å². The molecule has 0 aliphatic rings. The summed E-state index contributed by atoms with van der Waals surface area (Å²) in [6.45, 7) is 7.29. The van der Waals surface area contributed by atoms with Crippen LogP contribution in [0, 0.1) is 0 Å². The lowest BCUT2D eigenvalue weighted by atomic mass is 10.0. The molecule has 0 amide bonds.